The Balaban J connectivity index is 2.16. The molecule has 18 heavy (non-hydrogen) atoms. The molecule has 1 aliphatic rings. The summed E-state index contributed by atoms with van der Waals surface area (Å²) >= 11 is 11.8. The van der Waals surface area contributed by atoms with Crippen LogP contribution in [0.25, 0.3) is 0 Å². The zero-order chi connectivity index (χ0) is 13.3. The highest BCUT2D eigenvalue weighted by Gasteiger charge is 2.40. The average Bonchev–Trinajstić information content (AvgIpc) is 2.26. The number of hydrogen-bond acceptors (Lipinski definition) is 5. The smallest absolute Gasteiger partial charge is 0.245 e. The summed E-state index contributed by atoms with van der Waals surface area (Å²) in [6.45, 7) is 0.856. The Morgan fingerprint density at radius 3 is 2.33 bits per heavy atom. The second kappa shape index (κ2) is 5.15. The number of hydrogen-bond donors (Lipinski definition) is 0. The molecule has 0 aliphatic heterocycles. The lowest BCUT2D eigenvalue weighted by Crippen LogP contribution is -2.56. The van der Waals surface area contributed by atoms with Crippen LogP contribution in [0.4, 0.5) is 5.82 Å². The second-order valence-electron chi connectivity index (χ2n) is 5.02. The van der Waals surface area contributed by atoms with E-state index < -0.39 is 0 Å². The Bertz CT molecular complexity index is 433. The van der Waals surface area contributed by atoms with Gasteiger partial charge in [-0.15, -0.1) is 10.2 Å². The van der Waals surface area contributed by atoms with Crippen LogP contribution in [0.15, 0.2) is 0 Å². The summed E-state index contributed by atoms with van der Waals surface area (Å²) in [7, 11) is 6.18. The van der Waals surface area contributed by atoms with E-state index in [0.29, 0.717) is 5.82 Å². The first-order valence-corrected chi connectivity index (χ1v) is 6.64. The van der Waals surface area contributed by atoms with Crippen molar-refractivity contribution in [1.82, 2.24) is 20.1 Å². The molecule has 2 rings (SSSR count). The molecule has 0 atom stereocenters. The van der Waals surface area contributed by atoms with Crippen molar-refractivity contribution in [2.45, 2.75) is 24.8 Å². The highest BCUT2D eigenvalue weighted by Crippen LogP contribution is 2.37. The number of halogens is 2. The van der Waals surface area contributed by atoms with E-state index in [4.69, 9.17) is 23.2 Å². The van der Waals surface area contributed by atoms with Crippen LogP contribution in [0.2, 0.25) is 10.4 Å². The Kier molecular flexibility index (Phi) is 3.94. The minimum Gasteiger partial charge on any atom is -0.355 e. The Hall–Kier alpha value is -0.650. The monoisotopic (exact) mass is 289 g/mol. The molecular weight excluding hydrogens is 273 g/mol. The lowest BCUT2D eigenvalue weighted by atomic mass is 9.75. The third-order valence-corrected chi connectivity index (χ3v) is 4.13. The van der Waals surface area contributed by atoms with Crippen molar-refractivity contribution in [3.63, 3.8) is 0 Å². The zero-order valence-electron chi connectivity index (χ0n) is 10.8. The van der Waals surface area contributed by atoms with Crippen molar-refractivity contribution in [2.24, 2.45) is 0 Å². The quantitative estimate of drug-likeness (QED) is 0.849. The molecule has 1 aliphatic carbocycles. The molecule has 100 valence electrons. The average molecular weight is 290 g/mol. The lowest BCUT2D eigenvalue weighted by Gasteiger charge is -2.49. The topological polar surface area (TPSA) is 45.2 Å². The first kappa shape index (κ1) is 13.8. The van der Waals surface area contributed by atoms with Gasteiger partial charge in [0.2, 0.25) is 5.28 Å². The van der Waals surface area contributed by atoms with Gasteiger partial charge in [-0.3, -0.25) is 0 Å². The highest BCUT2D eigenvalue weighted by atomic mass is 35.5. The molecule has 1 aromatic rings. The molecular formula is C11H17Cl2N5. The molecule has 0 amide bonds. The van der Waals surface area contributed by atoms with E-state index in [1.54, 1.807) is 0 Å². The van der Waals surface area contributed by atoms with Crippen LogP contribution in [-0.4, -0.2) is 53.3 Å². The van der Waals surface area contributed by atoms with Crippen molar-refractivity contribution >= 4 is 29.0 Å². The van der Waals surface area contributed by atoms with Crippen LogP contribution >= 0.6 is 23.2 Å². The summed E-state index contributed by atoms with van der Waals surface area (Å²) in [5, 5.41) is 7.81. The minimum absolute atomic E-state index is 0.119. The first-order chi connectivity index (χ1) is 8.44. The van der Waals surface area contributed by atoms with E-state index >= 15 is 0 Å². The number of likely N-dealkylation sites (N-methyl/N-ethyl adjacent to an activating group) is 2. The van der Waals surface area contributed by atoms with Gasteiger partial charge in [-0.25, -0.2) is 0 Å². The molecule has 0 N–H and O–H groups in total. The maximum Gasteiger partial charge on any atom is 0.245 e. The maximum atomic E-state index is 6.01. The van der Waals surface area contributed by atoms with Crippen molar-refractivity contribution in [3.8, 4) is 0 Å². The summed E-state index contributed by atoms with van der Waals surface area (Å²) < 4.78 is 0. The molecule has 1 fully saturated rings. The molecule has 0 saturated heterocycles. The number of aromatic nitrogens is 3. The van der Waals surface area contributed by atoms with Gasteiger partial charge in [0.1, 0.15) is 0 Å². The van der Waals surface area contributed by atoms with E-state index in [-0.39, 0.29) is 16.0 Å². The van der Waals surface area contributed by atoms with E-state index in [1.807, 2.05) is 11.9 Å². The number of nitrogens with zero attached hydrogens (tertiary/aromatic N) is 5. The maximum absolute atomic E-state index is 6.01. The van der Waals surface area contributed by atoms with Gasteiger partial charge in [0.05, 0.1) is 0 Å². The fraction of sp³-hybridized carbons (Fsp3) is 0.727. The molecule has 0 aromatic carbocycles. The van der Waals surface area contributed by atoms with Crippen LogP contribution in [0, 0.1) is 0 Å². The molecule has 1 saturated carbocycles. The van der Waals surface area contributed by atoms with Gasteiger partial charge in [0.15, 0.2) is 11.0 Å². The number of rotatable bonds is 4. The fourth-order valence-electron chi connectivity index (χ4n) is 2.38. The standard InChI is InChI=1S/C11H17Cl2N5/c1-17(2)11(5-4-6-11)7-18(3)9-8(12)15-16-10(13)14-9/h4-7H2,1-3H3. The molecule has 7 heteroatoms. The fourth-order valence-corrected chi connectivity index (χ4v) is 2.72. The molecule has 0 radical (unpaired) electrons. The summed E-state index contributed by atoms with van der Waals surface area (Å²) in [6.07, 6.45) is 3.64. The van der Waals surface area contributed by atoms with Crippen LogP contribution in [0.3, 0.4) is 0 Å². The summed E-state index contributed by atoms with van der Waals surface area (Å²) in [4.78, 5) is 8.42. The van der Waals surface area contributed by atoms with Gasteiger partial charge in [0.25, 0.3) is 0 Å². The summed E-state index contributed by atoms with van der Waals surface area (Å²) in [5.41, 5.74) is 0.204. The van der Waals surface area contributed by atoms with Gasteiger partial charge in [-0.1, -0.05) is 11.6 Å². The Morgan fingerprint density at radius 1 is 1.17 bits per heavy atom. The van der Waals surface area contributed by atoms with Crippen LogP contribution in [0.5, 0.6) is 0 Å². The van der Waals surface area contributed by atoms with Crippen LogP contribution in [-0.2, 0) is 0 Å². The minimum atomic E-state index is 0.119. The van der Waals surface area contributed by atoms with Crippen LogP contribution in [0.1, 0.15) is 19.3 Å². The van der Waals surface area contributed by atoms with Crippen molar-refractivity contribution in [2.75, 3.05) is 32.6 Å². The lowest BCUT2D eigenvalue weighted by molar-refractivity contribution is 0.0681. The van der Waals surface area contributed by atoms with E-state index in [1.165, 1.54) is 19.3 Å². The van der Waals surface area contributed by atoms with E-state index in [2.05, 4.69) is 34.2 Å². The third-order valence-electron chi connectivity index (χ3n) is 3.73. The Morgan fingerprint density at radius 2 is 1.83 bits per heavy atom. The summed E-state index contributed by atoms with van der Waals surface area (Å²) in [5.74, 6) is 0.588. The van der Waals surface area contributed by atoms with Gasteiger partial charge in [0, 0.05) is 19.1 Å². The predicted octanol–water partition coefficient (Wildman–Crippen LogP) is 2.10. The van der Waals surface area contributed by atoms with Gasteiger partial charge in [-0.2, -0.15) is 4.98 Å². The Labute approximate surface area is 117 Å². The molecule has 5 nitrogen and oxygen atoms in total. The van der Waals surface area contributed by atoms with E-state index in [0.717, 1.165) is 6.54 Å². The van der Waals surface area contributed by atoms with Gasteiger partial charge in [-0.05, 0) is 45.0 Å². The molecule has 0 spiro atoms. The van der Waals surface area contributed by atoms with Crippen molar-refractivity contribution in [1.29, 1.82) is 0 Å². The normalized spacial score (nSPS) is 17.7. The van der Waals surface area contributed by atoms with E-state index in [9.17, 15) is 0 Å². The predicted molar refractivity (Wildman–Crippen MR) is 73.4 cm³/mol. The van der Waals surface area contributed by atoms with Gasteiger partial charge < -0.3 is 9.80 Å². The third kappa shape index (κ3) is 2.53. The highest BCUT2D eigenvalue weighted by molar-refractivity contribution is 6.32. The zero-order valence-corrected chi connectivity index (χ0v) is 12.3. The molecule has 0 unspecified atom stereocenters. The molecule has 0 bridgehead atoms. The second-order valence-corrected chi connectivity index (χ2v) is 5.72. The number of anilines is 1. The first-order valence-electron chi connectivity index (χ1n) is 5.89. The largest absolute Gasteiger partial charge is 0.355 e. The van der Waals surface area contributed by atoms with Crippen molar-refractivity contribution in [3.05, 3.63) is 10.4 Å². The SMILES string of the molecule is CN(CC1(N(C)C)CCC1)c1nc(Cl)nnc1Cl. The summed E-state index contributed by atoms with van der Waals surface area (Å²) in [6, 6.07) is 0. The van der Waals surface area contributed by atoms with Gasteiger partial charge >= 0.3 is 0 Å². The molecule has 1 heterocycles. The molecule has 1 aromatic heterocycles. The van der Waals surface area contributed by atoms with Crippen molar-refractivity contribution < 1.29 is 0 Å². The van der Waals surface area contributed by atoms with Crippen LogP contribution < -0.4 is 4.90 Å².